The van der Waals surface area contributed by atoms with E-state index in [-0.39, 0.29) is 66.3 Å². The van der Waals surface area contributed by atoms with Gasteiger partial charge in [-0.2, -0.15) is 0 Å². The number of aromatic nitrogens is 3. The first-order valence-electron chi connectivity index (χ1n) is 35.1. The van der Waals surface area contributed by atoms with Gasteiger partial charge in [0, 0.05) is 80.5 Å². The van der Waals surface area contributed by atoms with E-state index in [2.05, 4.69) is 214 Å². The molecule has 6 aromatic carbocycles. The van der Waals surface area contributed by atoms with Crippen LogP contribution in [-0.2, 0) is 43.3 Å². The van der Waals surface area contributed by atoms with Gasteiger partial charge in [0.25, 0.3) is 0 Å². The van der Waals surface area contributed by atoms with E-state index >= 15 is 0 Å². The van der Waals surface area contributed by atoms with Crippen LogP contribution in [0.4, 0.5) is 22.7 Å². The van der Waals surface area contributed by atoms with E-state index in [4.69, 9.17) is 34.9 Å². The van der Waals surface area contributed by atoms with Crippen molar-refractivity contribution < 1.29 is 20.4 Å². The smallest absolute Gasteiger partial charge is 0.128 e. The van der Waals surface area contributed by atoms with Crippen molar-refractivity contribution in [2.75, 3.05) is 0 Å². The quantitative estimate of drug-likeness (QED) is 0.0780. The van der Waals surface area contributed by atoms with E-state index < -0.39 is 0 Å². The van der Waals surface area contributed by atoms with Gasteiger partial charge in [0.05, 0.1) is 45.5 Å². The molecule has 0 bridgehead atoms. The number of pyridine rings is 3. The van der Waals surface area contributed by atoms with Crippen molar-refractivity contribution in [3.63, 3.8) is 0 Å². The summed E-state index contributed by atoms with van der Waals surface area (Å²) in [5.41, 5.74) is 15.0. The van der Waals surface area contributed by atoms with E-state index in [1.165, 1.54) is 0 Å². The van der Waals surface area contributed by atoms with Gasteiger partial charge in [-0.15, -0.1) is 0 Å². The van der Waals surface area contributed by atoms with Crippen molar-refractivity contribution in [3.8, 4) is 69.5 Å². The lowest BCUT2D eigenvalue weighted by molar-refractivity contribution is 0.443. The molecule has 0 fully saturated rings. The van der Waals surface area contributed by atoms with Gasteiger partial charge in [0.1, 0.15) is 34.4 Å². The Morgan fingerprint density at radius 1 is 0.265 bits per heavy atom. The zero-order valence-electron chi connectivity index (χ0n) is 64.5. The normalized spacial score (nSPS) is 12.9. The molecule has 0 aliphatic heterocycles. The average Bonchev–Trinajstić information content (AvgIpc) is 0.777. The van der Waals surface area contributed by atoms with Gasteiger partial charge < -0.3 is 20.4 Å². The van der Waals surface area contributed by atoms with Gasteiger partial charge >= 0.3 is 0 Å². The molecule has 0 unspecified atom stereocenters. The third kappa shape index (κ3) is 18.5. The third-order valence-corrected chi connectivity index (χ3v) is 18.0. The molecule has 9 rings (SSSR count). The first-order valence-corrected chi connectivity index (χ1v) is 35.1. The lowest BCUT2D eigenvalue weighted by Gasteiger charge is -2.27. The highest BCUT2D eigenvalue weighted by Gasteiger charge is 2.29. The zero-order valence-corrected chi connectivity index (χ0v) is 64.5. The standard InChI is InChI=1S/C91H103N7O4/c1-84(2,3)62-44-58(80(99)68(48-62)88(13,14)15)52-92-72-40-36-56(42-78(72)94-54-60-46-64(86(7,8)9)50-70(82(60)101)90(19,20)21)34-38-66-28-25-30-74(96-66)76-32-27-33-77(98-76)75-31-26-29-67(97-75)39-35-57-37-41-73(93-53-59-45-63(85(4,5)6)49-69(81(59)100)89(16,17)18)79(43-57)95-55-61-47-65(87(10,11)12)51-71(83(61)102)91(22,23)24/h25-33,36-37,40-55,99-102H,1-24H3. The Morgan fingerprint density at radius 3 is 0.765 bits per heavy atom. The highest BCUT2D eigenvalue weighted by molar-refractivity contribution is 5.93. The molecule has 0 aliphatic rings. The molecule has 3 aromatic heterocycles. The molecule has 0 aliphatic carbocycles. The molecule has 0 amide bonds. The number of benzene rings is 6. The molecule has 0 radical (unpaired) electrons. The van der Waals surface area contributed by atoms with E-state index in [9.17, 15) is 20.4 Å². The van der Waals surface area contributed by atoms with Crippen LogP contribution < -0.4 is 0 Å². The second kappa shape index (κ2) is 28.7. The SMILES string of the molecule is CC(C)(C)c1cc(C=Nc2ccc(C#Cc3cccc(-c4cccc(-c5cccc(C#Cc6ccc(N=Cc7cc(C(C)(C)C)cc(C(C)(C)C)c7O)c(N=Cc7cc(C(C)(C)C)cc(C(C)(C)C)c7O)c6)n5)n4)n3)cc2N=Cc2cc(C(C)(C)C)cc(C(C)(C)C)c2O)c(O)c(C(C)(C)C)c1. The van der Waals surface area contributed by atoms with Crippen molar-refractivity contribution in [2.24, 2.45) is 20.0 Å². The Kier molecular flexibility index (Phi) is 21.3. The van der Waals surface area contributed by atoms with E-state index in [1.54, 1.807) is 24.9 Å². The van der Waals surface area contributed by atoms with Gasteiger partial charge in [0.15, 0.2) is 0 Å². The Bertz CT molecular complexity index is 4640. The van der Waals surface area contributed by atoms with Crippen molar-refractivity contribution in [3.05, 3.63) is 229 Å². The first kappa shape index (κ1) is 76.0. The molecule has 11 nitrogen and oxygen atoms in total. The van der Waals surface area contributed by atoms with E-state index in [1.807, 2.05) is 115 Å². The fourth-order valence-electron chi connectivity index (χ4n) is 11.5. The molecule has 0 saturated heterocycles. The third-order valence-electron chi connectivity index (χ3n) is 18.0. The lowest BCUT2D eigenvalue weighted by atomic mass is 9.79. The number of aromatic hydroxyl groups is 4. The predicted octanol–water partition coefficient (Wildman–Crippen LogP) is 22.2. The minimum absolute atomic E-state index is 0.173. The van der Waals surface area contributed by atoms with Crippen LogP contribution in [0.25, 0.3) is 22.8 Å². The maximum Gasteiger partial charge on any atom is 0.128 e. The van der Waals surface area contributed by atoms with Gasteiger partial charge in [-0.05, 0) is 174 Å². The summed E-state index contributed by atoms with van der Waals surface area (Å²) in [5, 5.41) is 47.0. The second-order valence-corrected chi connectivity index (χ2v) is 35.0. The Balaban J connectivity index is 1.04. The maximum atomic E-state index is 11.8. The van der Waals surface area contributed by atoms with E-state index in [0.717, 1.165) is 44.5 Å². The summed E-state index contributed by atoms with van der Waals surface area (Å²) >= 11 is 0. The molecule has 11 heteroatoms. The Labute approximate surface area is 607 Å². The molecule has 9 aromatic rings. The number of hydrogen-bond acceptors (Lipinski definition) is 11. The highest BCUT2D eigenvalue weighted by atomic mass is 16.3. The maximum absolute atomic E-state index is 11.8. The first-order chi connectivity index (χ1) is 47.2. The van der Waals surface area contributed by atoms with Crippen molar-refractivity contribution in [2.45, 2.75) is 209 Å². The number of aliphatic imine (C=N–C) groups is 4. The molecule has 0 saturated carbocycles. The van der Waals surface area contributed by atoms with Crippen molar-refractivity contribution in [1.82, 2.24) is 15.0 Å². The van der Waals surface area contributed by atoms with Crippen LogP contribution in [0, 0.1) is 23.7 Å². The van der Waals surface area contributed by atoms with Crippen LogP contribution in [0.3, 0.4) is 0 Å². The highest BCUT2D eigenvalue weighted by Crippen LogP contribution is 2.43. The minimum atomic E-state index is -0.337. The van der Waals surface area contributed by atoms with Crippen molar-refractivity contribution >= 4 is 47.6 Å². The van der Waals surface area contributed by atoms with Crippen LogP contribution in [0.15, 0.2) is 159 Å². The Morgan fingerprint density at radius 2 is 0.510 bits per heavy atom. The van der Waals surface area contributed by atoms with Gasteiger partial charge in [-0.1, -0.05) is 220 Å². The molecular formula is C91H103N7O4. The largest absolute Gasteiger partial charge is 0.507 e. The molecule has 3 heterocycles. The average molecular weight is 1360 g/mol. The van der Waals surface area contributed by atoms with Gasteiger partial charge in [-0.3, -0.25) is 20.0 Å². The minimum Gasteiger partial charge on any atom is -0.507 e. The fraction of sp³-hybridized carbons (Fsp3) is 0.352. The number of nitrogens with zero attached hydrogens (tertiary/aromatic N) is 7. The number of phenols is 4. The van der Waals surface area contributed by atoms with Crippen molar-refractivity contribution in [1.29, 1.82) is 0 Å². The summed E-state index contributed by atoms with van der Waals surface area (Å²) in [6.45, 7) is 51.0. The van der Waals surface area contributed by atoms with Crippen LogP contribution in [0.1, 0.15) is 255 Å². The van der Waals surface area contributed by atoms with Gasteiger partial charge in [0.2, 0.25) is 0 Å². The summed E-state index contributed by atoms with van der Waals surface area (Å²) < 4.78 is 0. The fourth-order valence-corrected chi connectivity index (χ4v) is 11.5. The number of hydrogen-bond donors (Lipinski definition) is 4. The molecular weight excluding hydrogens is 1260 g/mol. The lowest BCUT2D eigenvalue weighted by Crippen LogP contribution is -2.17. The summed E-state index contributed by atoms with van der Waals surface area (Å²) in [7, 11) is 0. The second-order valence-electron chi connectivity index (χ2n) is 35.0. The van der Waals surface area contributed by atoms with Crippen LogP contribution in [0.2, 0.25) is 0 Å². The zero-order chi connectivity index (χ0) is 75.0. The van der Waals surface area contributed by atoms with Gasteiger partial charge in [-0.25, -0.2) is 15.0 Å². The van der Waals surface area contributed by atoms with Crippen LogP contribution in [0.5, 0.6) is 23.0 Å². The monoisotopic (exact) mass is 1360 g/mol. The molecule has 4 N–H and O–H groups in total. The number of phenolic OH excluding ortho intramolecular Hbond substituents is 4. The molecule has 102 heavy (non-hydrogen) atoms. The van der Waals surface area contributed by atoms with Crippen LogP contribution >= 0.6 is 0 Å². The predicted molar refractivity (Wildman–Crippen MR) is 427 cm³/mol. The summed E-state index contributed by atoms with van der Waals surface area (Å²) in [5.74, 6) is 13.9. The summed E-state index contributed by atoms with van der Waals surface area (Å²) in [6.07, 6.45) is 6.80. The van der Waals surface area contributed by atoms with Crippen LogP contribution in [-0.4, -0.2) is 60.2 Å². The van der Waals surface area contributed by atoms with E-state index in [0.29, 0.717) is 90.3 Å². The number of rotatable bonds is 10. The summed E-state index contributed by atoms with van der Waals surface area (Å²) in [6, 6.07) is 44.8. The molecule has 0 atom stereocenters. The topological polar surface area (TPSA) is 169 Å². The Hall–Kier alpha value is -10.2. The molecule has 0 spiro atoms. The summed E-state index contributed by atoms with van der Waals surface area (Å²) in [4.78, 5) is 35.1. The molecule has 526 valence electrons.